The zero-order chi connectivity index (χ0) is 14.0. The molecule has 2 N–H and O–H groups in total. The minimum Gasteiger partial charge on any atom is -0.389 e. The molecule has 8 heteroatoms. The summed E-state index contributed by atoms with van der Waals surface area (Å²) in [5.74, 6) is -0.399. The first kappa shape index (κ1) is 15.9. The average Bonchev–Trinajstić information content (AvgIpc) is 2.67. The molecule has 0 aromatic rings. The average molecular weight is 299 g/mol. The second-order valence-corrected chi connectivity index (χ2v) is 9.10. The van der Waals surface area contributed by atoms with E-state index in [0.29, 0.717) is 12.8 Å². The van der Waals surface area contributed by atoms with Gasteiger partial charge in [0, 0.05) is 6.54 Å². The number of rotatable bonds is 6. The first-order valence-electron chi connectivity index (χ1n) is 6.05. The fourth-order valence-corrected chi connectivity index (χ4v) is 6.02. The summed E-state index contributed by atoms with van der Waals surface area (Å²) in [4.78, 5) is 0. The minimum absolute atomic E-state index is 0.0706. The number of hydrogen-bond acceptors (Lipinski definition) is 5. The predicted octanol–water partition coefficient (Wildman–Crippen LogP) is -0.356. The number of nitrogens with one attached hydrogen (secondary N) is 1. The van der Waals surface area contributed by atoms with E-state index in [9.17, 15) is 21.9 Å². The summed E-state index contributed by atoms with van der Waals surface area (Å²) < 4.78 is 48.7. The highest BCUT2D eigenvalue weighted by atomic mass is 32.2. The van der Waals surface area contributed by atoms with Crippen LogP contribution in [0.25, 0.3) is 0 Å². The highest BCUT2D eigenvalue weighted by molar-refractivity contribution is 7.95. The molecule has 1 rings (SSSR count). The van der Waals surface area contributed by atoms with Crippen LogP contribution < -0.4 is 4.72 Å². The third kappa shape index (κ3) is 3.91. The number of aliphatic hydroxyl groups is 1. The van der Waals surface area contributed by atoms with Crippen molar-refractivity contribution in [1.82, 2.24) is 4.72 Å². The highest BCUT2D eigenvalue weighted by Crippen LogP contribution is 2.19. The lowest BCUT2D eigenvalue weighted by atomic mass is 9.98. The van der Waals surface area contributed by atoms with Gasteiger partial charge in [-0.15, -0.1) is 0 Å². The van der Waals surface area contributed by atoms with Crippen LogP contribution >= 0.6 is 0 Å². The normalized spacial score (nSPS) is 24.3. The molecule has 0 amide bonds. The van der Waals surface area contributed by atoms with Gasteiger partial charge in [-0.2, -0.15) is 0 Å². The maximum Gasteiger partial charge on any atom is 0.215 e. The van der Waals surface area contributed by atoms with E-state index in [4.69, 9.17) is 0 Å². The van der Waals surface area contributed by atoms with E-state index in [2.05, 4.69) is 4.72 Å². The molecule has 1 saturated heterocycles. The molecule has 0 saturated carbocycles. The highest BCUT2D eigenvalue weighted by Gasteiger charge is 2.38. The van der Waals surface area contributed by atoms with Crippen LogP contribution in [0, 0.1) is 0 Å². The van der Waals surface area contributed by atoms with Crippen LogP contribution in [0.3, 0.4) is 0 Å². The van der Waals surface area contributed by atoms with Gasteiger partial charge in [0.05, 0.1) is 22.4 Å². The van der Waals surface area contributed by atoms with Gasteiger partial charge in [-0.05, 0) is 19.3 Å². The summed E-state index contributed by atoms with van der Waals surface area (Å²) in [5.41, 5.74) is -1.06. The molecular weight excluding hydrogens is 278 g/mol. The monoisotopic (exact) mass is 299 g/mol. The summed E-state index contributed by atoms with van der Waals surface area (Å²) in [5, 5.41) is 9.10. The van der Waals surface area contributed by atoms with Crippen molar-refractivity contribution < 1.29 is 21.9 Å². The lowest BCUT2D eigenvalue weighted by Crippen LogP contribution is -2.45. The van der Waals surface area contributed by atoms with Crippen LogP contribution in [0.2, 0.25) is 0 Å². The zero-order valence-electron chi connectivity index (χ0n) is 10.7. The first-order valence-corrected chi connectivity index (χ1v) is 9.42. The summed E-state index contributed by atoms with van der Waals surface area (Å²) in [7, 11) is -6.90. The summed E-state index contributed by atoms with van der Waals surface area (Å²) in [6.45, 7) is 3.48. The second-order valence-electron chi connectivity index (χ2n) is 4.82. The van der Waals surface area contributed by atoms with Gasteiger partial charge in [-0.25, -0.2) is 21.6 Å². The molecule has 0 bridgehead atoms. The molecule has 18 heavy (non-hydrogen) atoms. The van der Waals surface area contributed by atoms with E-state index >= 15 is 0 Å². The SMILES string of the molecule is CCC(O)(CC)CNS(=O)(=O)C1CCS(=O)(=O)C1. The Hall–Kier alpha value is -0.180. The third-order valence-corrected chi connectivity index (χ3v) is 7.35. The minimum atomic E-state index is -3.67. The van der Waals surface area contributed by atoms with Gasteiger partial charge >= 0.3 is 0 Å². The molecule has 1 atom stereocenters. The smallest absolute Gasteiger partial charge is 0.215 e. The van der Waals surface area contributed by atoms with E-state index < -0.39 is 30.7 Å². The van der Waals surface area contributed by atoms with Crippen molar-refractivity contribution in [3.8, 4) is 0 Å². The summed E-state index contributed by atoms with van der Waals surface area (Å²) >= 11 is 0. The van der Waals surface area contributed by atoms with Gasteiger partial charge < -0.3 is 5.11 Å². The Morgan fingerprint density at radius 1 is 1.33 bits per heavy atom. The largest absolute Gasteiger partial charge is 0.389 e. The fraction of sp³-hybridized carbons (Fsp3) is 1.00. The van der Waals surface area contributed by atoms with Crippen LogP contribution in [0.5, 0.6) is 0 Å². The van der Waals surface area contributed by atoms with Crippen LogP contribution in [-0.2, 0) is 19.9 Å². The topological polar surface area (TPSA) is 101 Å². The van der Waals surface area contributed by atoms with E-state index in [1.165, 1.54) is 0 Å². The van der Waals surface area contributed by atoms with Gasteiger partial charge in [0.1, 0.15) is 0 Å². The number of sulfone groups is 1. The van der Waals surface area contributed by atoms with Crippen molar-refractivity contribution in [1.29, 1.82) is 0 Å². The molecule has 0 aromatic heterocycles. The van der Waals surface area contributed by atoms with Gasteiger partial charge in [-0.3, -0.25) is 0 Å². The molecule has 6 nitrogen and oxygen atoms in total. The molecule has 1 heterocycles. The lowest BCUT2D eigenvalue weighted by Gasteiger charge is -2.26. The molecule has 1 unspecified atom stereocenters. The molecule has 1 aliphatic heterocycles. The Morgan fingerprint density at radius 2 is 1.89 bits per heavy atom. The predicted molar refractivity (Wildman–Crippen MR) is 69.5 cm³/mol. The Morgan fingerprint density at radius 3 is 2.28 bits per heavy atom. The Bertz CT molecular complexity index is 478. The molecule has 108 valence electrons. The molecule has 0 spiro atoms. The maximum atomic E-state index is 11.9. The molecule has 0 aliphatic carbocycles. The van der Waals surface area contributed by atoms with Crippen molar-refractivity contribution >= 4 is 19.9 Å². The summed E-state index contributed by atoms with van der Waals surface area (Å²) in [6, 6.07) is 0. The standard InChI is InChI=1S/C10H21NO5S2/c1-3-10(12,4-2)8-11-18(15,16)9-5-6-17(13,14)7-9/h9,11-12H,3-8H2,1-2H3. The summed E-state index contributed by atoms with van der Waals surface area (Å²) in [6.07, 6.45) is 1.01. The molecule has 0 aromatic carbocycles. The van der Waals surface area contributed by atoms with Crippen molar-refractivity contribution in [2.75, 3.05) is 18.1 Å². The van der Waals surface area contributed by atoms with Crippen LogP contribution in [0.15, 0.2) is 0 Å². The van der Waals surface area contributed by atoms with Crippen molar-refractivity contribution in [3.63, 3.8) is 0 Å². The Labute approximate surface area is 109 Å². The van der Waals surface area contributed by atoms with Crippen molar-refractivity contribution in [3.05, 3.63) is 0 Å². The number of sulfonamides is 1. The Balaban J connectivity index is 2.67. The fourth-order valence-electron chi connectivity index (χ4n) is 1.86. The van der Waals surface area contributed by atoms with E-state index in [1.54, 1.807) is 13.8 Å². The van der Waals surface area contributed by atoms with E-state index in [1.807, 2.05) is 0 Å². The first-order chi connectivity index (χ1) is 8.14. The molecule has 0 radical (unpaired) electrons. The molecule has 1 fully saturated rings. The second kappa shape index (κ2) is 5.44. The quantitative estimate of drug-likeness (QED) is 0.698. The van der Waals surface area contributed by atoms with Crippen molar-refractivity contribution in [2.45, 2.75) is 44.0 Å². The van der Waals surface area contributed by atoms with E-state index in [0.717, 1.165) is 0 Å². The van der Waals surface area contributed by atoms with Crippen LogP contribution in [0.4, 0.5) is 0 Å². The number of hydrogen-bond donors (Lipinski definition) is 2. The van der Waals surface area contributed by atoms with Gasteiger partial charge in [-0.1, -0.05) is 13.8 Å². The third-order valence-electron chi connectivity index (χ3n) is 3.55. The Kier molecular flexibility index (Phi) is 4.80. The lowest BCUT2D eigenvalue weighted by molar-refractivity contribution is 0.0376. The van der Waals surface area contributed by atoms with Crippen molar-refractivity contribution in [2.24, 2.45) is 0 Å². The molecular formula is C10H21NO5S2. The van der Waals surface area contributed by atoms with Gasteiger partial charge in [0.2, 0.25) is 10.0 Å². The molecule has 1 aliphatic rings. The van der Waals surface area contributed by atoms with Gasteiger partial charge in [0.25, 0.3) is 0 Å². The zero-order valence-corrected chi connectivity index (χ0v) is 12.3. The maximum absolute atomic E-state index is 11.9. The van der Waals surface area contributed by atoms with Gasteiger partial charge in [0.15, 0.2) is 9.84 Å². The van der Waals surface area contributed by atoms with Crippen LogP contribution in [0.1, 0.15) is 33.1 Å². The van der Waals surface area contributed by atoms with Crippen LogP contribution in [-0.4, -0.2) is 50.8 Å². The van der Waals surface area contributed by atoms with E-state index in [-0.39, 0.29) is 24.5 Å².